The maximum Gasteiger partial charge on any atom is 0.408 e. The van der Waals surface area contributed by atoms with Gasteiger partial charge in [0.25, 0.3) is 0 Å². The van der Waals surface area contributed by atoms with Gasteiger partial charge in [-0.05, 0) is 89.5 Å². The van der Waals surface area contributed by atoms with Crippen molar-refractivity contribution in [2.45, 2.75) is 153 Å². The number of ether oxygens (including phenoxy) is 7. The number of Topliss-reactive ketones (excluding diaryl/α,β-unsaturated/α-hetero) is 1. The molecular formula is C57H70N2O17. The molecule has 1 unspecified atom stereocenters. The van der Waals surface area contributed by atoms with E-state index < -0.39 is 130 Å². The number of benzene rings is 3. The molecule has 4 N–H and O–H groups in total. The third-order valence-corrected chi connectivity index (χ3v) is 15.5. The number of hydrogen-bond acceptors (Lipinski definition) is 18. The van der Waals surface area contributed by atoms with E-state index in [-0.39, 0.29) is 54.7 Å². The molecule has 1 amide bonds. The van der Waals surface area contributed by atoms with Crippen LogP contribution < -0.4 is 5.32 Å². The first kappa shape index (κ1) is 57.2. The molecule has 3 aliphatic carbocycles. The van der Waals surface area contributed by atoms with E-state index in [1.807, 2.05) is 6.07 Å². The molecule has 2 bridgehead atoms. The topological polar surface area (TPSA) is 260 Å². The fourth-order valence-corrected chi connectivity index (χ4v) is 11.5. The third-order valence-electron chi connectivity index (χ3n) is 15.5. The number of fused-ring (bicyclic) bond motifs is 5. The number of carbonyl (C=O) groups is 7. The summed E-state index contributed by atoms with van der Waals surface area (Å²) in [5.41, 5.74) is -8.13. The fourth-order valence-electron chi connectivity index (χ4n) is 11.5. The Labute approximate surface area is 442 Å². The molecule has 7 rings (SSSR count). The Morgan fingerprint density at radius 2 is 1.47 bits per heavy atom. The molecule has 2 saturated carbocycles. The van der Waals surface area contributed by atoms with Crippen molar-refractivity contribution in [2.75, 3.05) is 20.7 Å². The van der Waals surface area contributed by atoms with Crippen molar-refractivity contribution in [1.82, 2.24) is 10.2 Å². The van der Waals surface area contributed by atoms with Crippen molar-refractivity contribution in [2.24, 2.45) is 16.7 Å². The van der Waals surface area contributed by atoms with E-state index in [9.17, 15) is 39.3 Å². The second-order valence-corrected chi connectivity index (χ2v) is 22.2. The molecule has 410 valence electrons. The summed E-state index contributed by atoms with van der Waals surface area (Å²) in [6, 6.07) is 22.2. The van der Waals surface area contributed by atoms with Gasteiger partial charge >= 0.3 is 35.9 Å². The summed E-state index contributed by atoms with van der Waals surface area (Å²) in [6.07, 6.45) is -12.5. The molecule has 0 aromatic heterocycles. The van der Waals surface area contributed by atoms with E-state index in [1.165, 1.54) is 44.7 Å². The number of nitrogens with one attached hydrogen (secondary N) is 1. The first-order valence-corrected chi connectivity index (χ1v) is 25.4. The third kappa shape index (κ3) is 11.2. The first-order chi connectivity index (χ1) is 35.7. The van der Waals surface area contributed by atoms with Crippen LogP contribution in [0.2, 0.25) is 0 Å². The van der Waals surface area contributed by atoms with Gasteiger partial charge in [-0.2, -0.15) is 0 Å². The number of alkyl carbamates (subject to hydrolysis) is 1. The van der Waals surface area contributed by atoms with Gasteiger partial charge < -0.3 is 53.8 Å². The van der Waals surface area contributed by atoms with Crippen LogP contribution in [0.25, 0.3) is 0 Å². The molecule has 19 nitrogen and oxygen atoms in total. The highest BCUT2D eigenvalue weighted by molar-refractivity contribution is 5.94. The number of nitrogens with zero attached hydrogens (tertiary/aromatic N) is 1. The van der Waals surface area contributed by atoms with Crippen LogP contribution >= 0.6 is 0 Å². The van der Waals surface area contributed by atoms with E-state index in [0.29, 0.717) is 0 Å². The predicted octanol–water partition coefficient (Wildman–Crippen LogP) is 5.26. The van der Waals surface area contributed by atoms with Crippen LogP contribution in [0.5, 0.6) is 0 Å². The van der Waals surface area contributed by atoms with Gasteiger partial charge in [0.05, 0.1) is 29.6 Å². The summed E-state index contributed by atoms with van der Waals surface area (Å²) in [7, 11) is 3.14. The smallest absolute Gasteiger partial charge is 0.408 e. The Kier molecular flexibility index (Phi) is 16.7. The summed E-state index contributed by atoms with van der Waals surface area (Å²) in [6.45, 7) is 11.6. The largest absolute Gasteiger partial charge is 0.461 e. The minimum Gasteiger partial charge on any atom is -0.461 e. The van der Waals surface area contributed by atoms with Crippen LogP contribution in [0.3, 0.4) is 0 Å². The van der Waals surface area contributed by atoms with Gasteiger partial charge in [-0.15, -0.1) is 0 Å². The van der Waals surface area contributed by atoms with Gasteiger partial charge in [-0.3, -0.25) is 24.1 Å². The highest BCUT2D eigenvalue weighted by Crippen LogP contribution is 2.64. The first-order valence-electron chi connectivity index (χ1n) is 25.4. The Balaban J connectivity index is 1.33. The lowest BCUT2D eigenvalue weighted by Crippen LogP contribution is -2.81. The van der Waals surface area contributed by atoms with Gasteiger partial charge in [-0.25, -0.2) is 14.4 Å². The van der Waals surface area contributed by atoms with Crippen LogP contribution in [0.1, 0.15) is 109 Å². The molecule has 0 radical (unpaired) electrons. The maximum atomic E-state index is 15.4. The number of hydrogen-bond donors (Lipinski definition) is 4. The summed E-state index contributed by atoms with van der Waals surface area (Å²) in [5.74, 6) is -7.22. The lowest BCUT2D eigenvalue weighted by atomic mass is 9.44. The molecule has 3 aromatic carbocycles. The normalized spacial score (nSPS) is 28.8. The molecule has 76 heavy (non-hydrogen) atoms. The molecule has 0 spiro atoms. The van der Waals surface area contributed by atoms with Crippen molar-refractivity contribution in [3.05, 3.63) is 119 Å². The predicted molar refractivity (Wildman–Crippen MR) is 270 cm³/mol. The quantitative estimate of drug-likeness (QED) is 0.0810. The van der Waals surface area contributed by atoms with Crippen molar-refractivity contribution >= 4 is 41.7 Å². The average Bonchev–Trinajstić information content (AvgIpc) is 3.35. The summed E-state index contributed by atoms with van der Waals surface area (Å²) in [4.78, 5) is 101. The molecule has 1 aliphatic heterocycles. The van der Waals surface area contributed by atoms with Crippen LogP contribution in [0.15, 0.2) is 102 Å². The number of likely N-dealkylation sites (N-methyl/N-ethyl adjacent to an activating group) is 1. The standard InChI is InChI=1S/C57H70N2O17/c1-32-38(29-57(69)48(74-49(65)36-24-18-13-19-25-36)46-55(8,47(64)44(63)42(32)54(57,6)7)39(61)28-40-56(46,31-71-40)75-33(2)60)72-51(67)45(43(35-22-16-12-17-23-35)58-52(68)76-53(3,4)5)73-50(66)37(59(9)10)26-27-41(62)70-30-34-20-14-11-15-21-34/h11-25,37-40,43-46,48,61,63,69H,26-31H2,1-10H3,(H,58,68)/t37?,38-,39-,40+,43-,44+,45+,46-,48-,55+,56-,57+/m0/s1. The lowest BCUT2D eigenvalue weighted by Gasteiger charge is -2.67. The average molecular weight is 1060 g/mol. The van der Waals surface area contributed by atoms with Crippen LogP contribution in [0, 0.1) is 16.7 Å². The minimum absolute atomic E-state index is 0.00583. The number of aliphatic hydroxyl groups is 3. The van der Waals surface area contributed by atoms with Crippen LogP contribution in [-0.2, 0) is 63.7 Å². The molecule has 19 heteroatoms. The molecule has 1 heterocycles. The number of amides is 1. The van der Waals surface area contributed by atoms with Gasteiger partial charge in [0.15, 0.2) is 11.4 Å². The summed E-state index contributed by atoms with van der Waals surface area (Å²) >= 11 is 0. The van der Waals surface area contributed by atoms with E-state index >= 15 is 9.59 Å². The van der Waals surface area contributed by atoms with Gasteiger partial charge in [0.1, 0.15) is 54.3 Å². The highest BCUT2D eigenvalue weighted by atomic mass is 16.6. The zero-order valence-electron chi connectivity index (χ0n) is 44.6. The number of esters is 5. The summed E-state index contributed by atoms with van der Waals surface area (Å²) in [5, 5.41) is 41.1. The Morgan fingerprint density at radius 3 is 2.04 bits per heavy atom. The van der Waals surface area contributed by atoms with Crippen LogP contribution in [0.4, 0.5) is 4.79 Å². The van der Waals surface area contributed by atoms with Crippen molar-refractivity contribution in [3.63, 3.8) is 0 Å². The molecular weight excluding hydrogens is 985 g/mol. The Hall–Kier alpha value is -6.51. The van der Waals surface area contributed by atoms with Gasteiger partial charge in [0.2, 0.25) is 6.10 Å². The van der Waals surface area contributed by atoms with Crippen molar-refractivity contribution < 1.29 is 82.0 Å². The van der Waals surface area contributed by atoms with Crippen molar-refractivity contribution in [1.29, 1.82) is 0 Å². The fraction of sp³-hybridized carbons (Fsp3) is 0.526. The molecule has 12 atom stereocenters. The van der Waals surface area contributed by atoms with E-state index in [2.05, 4.69) is 5.32 Å². The number of rotatable bonds is 16. The second kappa shape index (κ2) is 22.2. The molecule has 1 saturated heterocycles. The second-order valence-electron chi connectivity index (χ2n) is 22.2. The Morgan fingerprint density at radius 1 is 0.868 bits per heavy atom. The minimum atomic E-state index is -2.47. The Bertz CT molecular complexity index is 2690. The maximum absolute atomic E-state index is 15.4. The van der Waals surface area contributed by atoms with E-state index in [0.717, 1.165) is 12.5 Å². The van der Waals surface area contributed by atoms with Crippen LogP contribution in [-0.4, -0.2) is 142 Å². The van der Waals surface area contributed by atoms with Gasteiger partial charge in [0, 0.05) is 31.6 Å². The molecule has 3 fully saturated rings. The number of aliphatic hydroxyl groups excluding tert-OH is 2. The van der Waals surface area contributed by atoms with Gasteiger partial charge in [-0.1, -0.05) is 92.7 Å². The van der Waals surface area contributed by atoms with E-state index in [4.69, 9.17) is 33.2 Å². The molecule has 3 aromatic rings. The highest BCUT2D eigenvalue weighted by Gasteiger charge is 2.78. The van der Waals surface area contributed by atoms with Crippen molar-refractivity contribution in [3.8, 4) is 0 Å². The number of carbonyl (C=O) groups excluding carboxylic acids is 7. The number of ketones is 1. The zero-order valence-corrected chi connectivity index (χ0v) is 44.6. The lowest BCUT2D eigenvalue weighted by molar-refractivity contribution is -0.346. The monoisotopic (exact) mass is 1050 g/mol. The zero-order chi connectivity index (χ0) is 55.7. The van der Waals surface area contributed by atoms with E-state index in [1.54, 1.807) is 108 Å². The molecule has 4 aliphatic rings. The summed E-state index contributed by atoms with van der Waals surface area (Å²) < 4.78 is 42.0. The SMILES string of the molecule is CC(=O)O[C@@]12CO[C@@H]1C[C@H](O)[C@@]1(C)C(=O)[C@H](O)C3=C(C)[C@@H](OC(=O)[C@H](OC(=O)C(CCC(=O)OCc4ccccc4)N(C)C)[C@@H](NC(=O)OC(C)(C)C)c4ccccc4)C[C@@](O)([C@@H](OC(=O)c4ccccc4)[C@H]21)C3(C)C.